The molecule has 2 amide bonds. The summed E-state index contributed by atoms with van der Waals surface area (Å²) in [5.41, 5.74) is 2.40. The Morgan fingerprint density at radius 1 is 0.893 bits per heavy atom. The monoisotopic (exact) mass is 391 g/mol. The smallest absolute Gasteiger partial charge is 0.368 e. The third kappa shape index (κ3) is 5.03. The largest absolute Gasteiger partial charge is 0.471 e. The number of nitrogens with zero attached hydrogens (tertiary/aromatic N) is 2. The van der Waals surface area contributed by atoms with Crippen LogP contribution in [0.1, 0.15) is 5.56 Å². The van der Waals surface area contributed by atoms with Gasteiger partial charge in [0.25, 0.3) is 0 Å². The molecule has 2 aromatic carbocycles. The van der Waals surface area contributed by atoms with Gasteiger partial charge in [-0.05, 0) is 29.8 Å². The maximum absolute atomic E-state index is 12.5. The fraction of sp³-hybridized carbons (Fsp3) is 0.300. The summed E-state index contributed by atoms with van der Waals surface area (Å²) in [7, 11) is 0. The molecule has 0 radical (unpaired) electrons. The van der Waals surface area contributed by atoms with E-state index in [4.69, 9.17) is 0 Å². The van der Waals surface area contributed by atoms with Crippen LogP contribution in [0.25, 0.3) is 0 Å². The Morgan fingerprint density at radius 2 is 1.50 bits per heavy atom. The highest BCUT2D eigenvalue weighted by Gasteiger charge is 2.43. The minimum absolute atomic E-state index is 0.0217. The van der Waals surface area contributed by atoms with Crippen LogP contribution >= 0.6 is 0 Å². The van der Waals surface area contributed by atoms with Gasteiger partial charge in [0.05, 0.1) is 6.42 Å². The molecule has 0 atom stereocenters. The van der Waals surface area contributed by atoms with Crippen molar-refractivity contribution < 1.29 is 22.8 Å². The van der Waals surface area contributed by atoms with Crippen LogP contribution in [0.2, 0.25) is 0 Å². The maximum Gasteiger partial charge on any atom is 0.471 e. The zero-order chi connectivity index (χ0) is 20.1. The van der Waals surface area contributed by atoms with Crippen molar-refractivity contribution in [3.05, 3.63) is 60.2 Å². The molecule has 148 valence electrons. The van der Waals surface area contributed by atoms with Crippen molar-refractivity contribution in [1.82, 2.24) is 4.90 Å². The van der Waals surface area contributed by atoms with Gasteiger partial charge >= 0.3 is 12.1 Å². The second-order valence-corrected chi connectivity index (χ2v) is 6.53. The number of nitrogens with one attached hydrogen (secondary N) is 1. The molecule has 1 N–H and O–H groups in total. The first-order valence-electron chi connectivity index (χ1n) is 8.88. The SMILES string of the molecule is O=C(Cc1ccccc1)Nc1ccc(N2CCN(C(=O)C(F)(F)F)CC2)cc1. The fourth-order valence-electron chi connectivity index (χ4n) is 3.09. The highest BCUT2D eigenvalue weighted by Crippen LogP contribution is 2.23. The highest BCUT2D eigenvalue weighted by atomic mass is 19.4. The van der Waals surface area contributed by atoms with Crippen LogP contribution in [0, 0.1) is 0 Å². The summed E-state index contributed by atoms with van der Waals surface area (Å²) in [4.78, 5) is 26.1. The Morgan fingerprint density at radius 3 is 2.07 bits per heavy atom. The number of carbonyl (C=O) groups is 2. The summed E-state index contributed by atoms with van der Waals surface area (Å²) < 4.78 is 37.5. The Bertz CT molecular complexity index is 815. The minimum atomic E-state index is -4.83. The lowest BCUT2D eigenvalue weighted by molar-refractivity contribution is -0.185. The van der Waals surface area contributed by atoms with Crippen LogP contribution in [-0.4, -0.2) is 49.1 Å². The van der Waals surface area contributed by atoms with E-state index >= 15 is 0 Å². The summed E-state index contributed by atoms with van der Waals surface area (Å²) in [6, 6.07) is 16.5. The molecule has 1 fully saturated rings. The number of amides is 2. The average Bonchev–Trinajstić information content (AvgIpc) is 2.68. The molecule has 28 heavy (non-hydrogen) atoms. The van der Waals surface area contributed by atoms with Crippen molar-refractivity contribution >= 4 is 23.2 Å². The molecule has 0 unspecified atom stereocenters. The normalized spacial score (nSPS) is 14.7. The maximum atomic E-state index is 12.5. The van der Waals surface area contributed by atoms with E-state index < -0.39 is 12.1 Å². The van der Waals surface area contributed by atoms with Crippen LogP contribution < -0.4 is 10.2 Å². The Balaban J connectivity index is 1.52. The third-order valence-electron chi connectivity index (χ3n) is 4.53. The first-order chi connectivity index (χ1) is 13.3. The van der Waals surface area contributed by atoms with Crippen LogP contribution in [0.3, 0.4) is 0 Å². The summed E-state index contributed by atoms with van der Waals surface area (Å²) in [6.45, 7) is 0.685. The van der Waals surface area contributed by atoms with Gasteiger partial charge in [-0.3, -0.25) is 9.59 Å². The fourth-order valence-corrected chi connectivity index (χ4v) is 3.09. The highest BCUT2D eigenvalue weighted by molar-refractivity contribution is 5.92. The molecule has 0 saturated carbocycles. The number of rotatable bonds is 4. The number of halogens is 3. The van der Waals surface area contributed by atoms with E-state index in [1.54, 1.807) is 24.3 Å². The number of hydrogen-bond acceptors (Lipinski definition) is 3. The van der Waals surface area contributed by atoms with Gasteiger partial charge < -0.3 is 15.1 Å². The Labute approximate surface area is 160 Å². The number of benzene rings is 2. The van der Waals surface area contributed by atoms with Crippen molar-refractivity contribution in [3.63, 3.8) is 0 Å². The molecule has 0 bridgehead atoms. The molecule has 1 heterocycles. The van der Waals surface area contributed by atoms with Crippen molar-refractivity contribution in [2.24, 2.45) is 0 Å². The molecule has 1 saturated heterocycles. The molecule has 8 heteroatoms. The molecular formula is C20H20F3N3O2. The topological polar surface area (TPSA) is 52.7 Å². The van der Waals surface area contributed by atoms with Crippen LogP contribution in [0.5, 0.6) is 0 Å². The Kier molecular flexibility index (Phi) is 5.87. The van der Waals surface area contributed by atoms with E-state index in [1.807, 2.05) is 35.2 Å². The van der Waals surface area contributed by atoms with Gasteiger partial charge in [0.2, 0.25) is 5.91 Å². The number of anilines is 2. The van der Waals surface area contributed by atoms with Gasteiger partial charge in [0.1, 0.15) is 0 Å². The predicted octanol–water partition coefficient (Wildman–Crippen LogP) is 3.08. The van der Waals surface area contributed by atoms with E-state index in [1.165, 1.54) is 0 Å². The van der Waals surface area contributed by atoms with E-state index in [0.717, 1.165) is 16.2 Å². The van der Waals surface area contributed by atoms with Gasteiger partial charge in [-0.15, -0.1) is 0 Å². The lowest BCUT2D eigenvalue weighted by Crippen LogP contribution is -2.52. The quantitative estimate of drug-likeness (QED) is 0.872. The van der Waals surface area contributed by atoms with E-state index in [9.17, 15) is 22.8 Å². The van der Waals surface area contributed by atoms with Crippen molar-refractivity contribution in [2.75, 3.05) is 36.4 Å². The number of carbonyl (C=O) groups excluding carboxylic acids is 2. The number of alkyl halides is 3. The summed E-state index contributed by atoms with van der Waals surface area (Å²) in [5, 5.41) is 2.82. The lowest BCUT2D eigenvalue weighted by Gasteiger charge is -2.36. The first-order valence-corrected chi connectivity index (χ1v) is 8.88. The molecule has 1 aliphatic rings. The Hall–Kier alpha value is -3.03. The van der Waals surface area contributed by atoms with Crippen molar-refractivity contribution in [2.45, 2.75) is 12.6 Å². The molecular weight excluding hydrogens is 371 g/mol. The second-order valence-electron chi connectivity index (χ2n) is 6.53. The molecule has 0 aromatic heterocycles. The minimum Gasteiger partial charge on any atom is -0.368 e. The third-order valence-corrected chi connectivity index (χ3v) is 4.53. The zero-order valence-corrected chi connectivity index (χ0v) is 15.1. The van der Waals surface area contributed by atoms with Crippen LogP contribution in [0.15, 0.2) is 54.6 Å². The molecule has 1 aliphatic heterocycles. The zero-order valence-electron chi connectivity index (χ0n) is 15.1. The van der Waals surface area contributed by atoms with Gasteiger partial charge in [-0.25, -0.2) is 0 Å². The standard InChI is InChI=1S/C20H20F3N3O2/c21-20(22,23)19(28)26-12-10-25(11-13-26)17-8-6-16(7-9-17)24-18(27)14-15-4-2-1-3-5-15/h1-9H,10-14H2,(H,24,27). The molecule has 2 aromatic rings. The summed E-state index contributed by atoms with van der Waals surface area (Å²) >= 11 is 0. The molecule has 5 nitrogen and oxygen atoms in total. The van der Waals surface area contributed by atoms with Gasteiger partial charge in [-0.1, -0.05) is 30.3 Å². The van der Waals surface area contributed by atoms with E-state index in [-0.39, 0.29) is 25.4 Å². The second kappa shape index (κ2) is 8.33. The van der Waals surface area contributed by atoms with Gasteiger partial charge in [0.15, 0.2) is 0 Å². The predicted molar refractivity (Wildman–Crippen MR) is 100 cm³/mol. The number of piperazine rings is 1. The van der Waals surface area contributed by atoms with E-state index in [0.29, 0.717) is 18.8 Å². The average molecular weight is 391 g/mol. The van der Waals surface area contributed by atoms with Crippen LogP contribution in [-0.2, 0) is 16.0 Å². The van der Waals surface area contributed by atoms with E-state index in [2.05, 4.69) is 5.32 Å². The molecule has 0 spiro atoms. The first kappa shape index (κ1) is 19.7. The summed E-state index contributed by atoms with van der Waals surface area (Å²) in [6.07, 6.45) is -4.56. The molecule has 0 aliphatic carbocycles. The van der Waals surface area contributed by atoms with Crippen molar-refractivity contribution in [3.8, 4) is 0 Å². The van der Waals surface area contributed by atoms with Crippen LogP contribution in [0.4, 0.5) is 24.5 Å². The molecule has 3 rings (SSSR count). The lowest BCUT2D eigenvalue weighted by atomic mass is 10.1. The van der Waals surface area contributed by atoms with Gasteiger partial charge in [0, 0.05) is 37.6 Å². The summed E-state index contributed by atoms with van der Waals surface area (Å²) in [5.74, 6) is -1.91. The number of hydrogen-bond donors (Lipinski definition) is 1. The van der Waals surface area contributed by atoms with Crippen molar-refractivity contribution in [1.29, 1.82) is 0 Å². The van der Waals surface area contributed by atoms with Gasteiger partial charge in [-0.2, -0.15) is 13.2 Å².